The molecular weight excluding hydrogens is 254 g/mol. The average Bonchev–Trinajstić information content (AvgIpc) is 2.12. The summed E-state index contributed by atoms with van der Waals surface area (Å²) in [7, 11) is -6.53. The van der Waals surface area contributed by atoms with Crippen LogP contribution < -0.4 is 0 Å². The first-order valence-electron chi connectivity index (χ1n) is 5.13. The van der Waals surface area contributed by atoms with Gasteiger partial charge in [0.25, 0.3) is 10.1 Å². The van der Waals surface area contributed by atoms with Crippen LogP contribution in [0.5, 0.6) is 0 Å². The predicted molar refractivity (Wildman–Crippen MR) is 60.0 cm³/mol. The zero-order chi connectivity index (χ0) is 12.2. The standard InChI is InChI=1S/C8H17NO5S2/c1-15(10,11)14-7-4-6-9-5-2-3-8-16(9,12)13/h2-8H2,1H3. The van der Waals surface area contributed by atoms with Crippen molar-refractivity contribution in [2.45, 2.75) is 19.3 Å². The van der Waals surface area contributed by atoms with Crippen LogP contribution in [0.2, 0.25) is 0 Å². The highest BCUT2D eigenvalue weighted by molar-refractivity contribution is 7.89. The lowest BCUT2D eigenvalue weighted by atomic mass is 10.3. The van der Waals surface area contributed by atoms with Crippen molar-refractivity contribution in [3.8, 4) is 0 Å². The van der Waals surface area contributed by atoms with Gasteiger partial charge in [0.2, 0.25) is 10.0 Å². The molecule has 1 aliphatic heterocycles. The molecule has 1 aliphatic rings. The molecule has 0 saturated carbocycles. The van der Waals surface area contributed by atoms with Gasteiger partial charge in [0.1, 0.15) is 0 Å². The molecule has 1 saturated heterocycles. The van der Waals surface area contributed by atoms with E-state index < -0.39 is 20.1 Å². The summed E-state index contributed by atoms with van der Waals surface area (Å²) in [5, 5.41) is 0. The second-order valence-electron chi connectivity index (χ2n) is 3.80. The van der Waals surface area contributed by atoms with Crippen molar-refractivity contribution in [1.29, 1.82) is 0 Å². The van der Waals surface area contributed by atoms with E-state index in [1.54, 1.807) is 0 Å². The van der Waals surface area contributed by atoms with Crippen LogP contribution in [-0.2, 0) is 24.3 Å². The van der Waals surface area contributed by atoms with E-state index in [1.807, 2.05) is 0 Å². The van der Waals surface area contributed by atoms with Gasteiger partial charge in [-0.05, 0) is 19.3 Å². The highest BCUT2D eigenvalue weighted by Crippen LogP contribution is 2.13. The first-order valence-corrected chi connectivity index (χ1v) is 8.56. The molecule has 0 unspecified atom stereocenters. The third kappa shape index (κ3) is 4.77. The van der Waals surface area contributed by atoms with Crippen LogP contribution >= 0.6 is 0 Å². The summed E-state index contributed by atoms with van der Waals surface area (Å²) in [6.45, 7) is 0.893. The van der Waals surface area contributed by atoms with Crippen molar-refractivity contribution >= 4 is 20.1 Å². The highest BCUT2D eigenvalue weighted by Gasteiger charge is 2.24. The first-order chi connectivity index (χ1) is 7.31. The second-order valence-corrected chi connectivity index (χ2v) is 7.53. The van der Waals surface area contributed by atoms with Crippen LogP contribution in [-0.4, -0.2) is 52.8 Å². The summed E-state index contributed by atoms with van der Waals surface area (Å²) in [5.41, 5.74) is 0. The van der Waals surface area contributed by atoms with Gasteiger partial charge in [-0.2, -0.15) is 8.42 Å². The fourth-order valence-corrected chi connectivity index (χ4v) is 3.61. The minimum absolute atomic E-state index is 0.0326. The Kier molecular flexibility index (Phi) is 4.72. The van der Waals surface area contributed by atoms with Crippen molar-refractivity contribution in [2.24, 2.45) is 0 Å². The maximum absolute atomic E-state index is 11.5. The zero-order valence-corrected chi connectivity index (χ0v) is 10.9. The molecule has 16 heavy (non-hydrogen) atoms. The fraction of sp³-hybridized carbons (Fsp3) is 1.00. The molecule has 1 heterocycles. The molecular formula is C8H17NO5S2. The molecule has 0 amide bonds. The molecule has 0 atom stereocenters. The molecule has 0 aromatic heterocycles. The Labute approximate surface area is 96.8 Å². The van der Waals surface area contributed by atoms with Crippen LogP contribution in [0.15, 0.2) is 0 Å². The molecule has 0 bridgehead atoms. The van der Waals surface area contributed by atoms with Gasteiger partial charge in [-0.15, -0.1) is 0 Å². The fourth-order valence-electron chi connectivity index (χ4n) is 1.54. The van der Waals surface area contributed by atoms with E-state index in [1.165, 1.54) is 4.31 Å². The first kappa shape index (κ1) is 13.9. The third-order valence-corrected chi connectivity index (χ3v) is 4.85. The van der Waals surface area contributed by atoms with Gasteiger partial charge in [0.05, 0.1) is 18.6 Å². The van der Waals surface area contributed by atoms with E-state index in [0.29, 0.717) is 25.9 Å². The Morgan fingerprint density at radius 1 is 1.31 bits per heavy atom. The van der Waals surface area contributed by atoms with Crippen molar-refractivity contribution < 1.29 is 21.0 Å². The maximum Gasteiger partial charge on any atom is 0.264 e. The van der Waals surface area contributed by atoms with Crippen LogP contribution in [0.4, 0.5) is 0 Å². The Morgan fingerprint density at radius 3 is 2.56 bits per heavy atom. The van der Waals surface area contributed by atoms with Crippen LogP contribution in [0, 0.1) is 0 Å². The highest BCUT2D eigenvalue weighted by atomic mass is 32.2. The van der Waals surface area contributed by atoms with Gasteiger partial charge in [0.15, 0.2) is 0 Å². The van der Waals surface area contributed by atoms with Gasteiger partial charge in [0, 0.05) is 13.1 Å². The van der Waals surface area contributed by atoms with Crippen molar-refractivity contribution in [1.82, 2.24) is 4.31 Å². The van der Waals surface area contributed by atoms with Crippen molar-refractivity contribution in [3.63, 3.8) is 0 Å². The number of rotatable bonds is 5. The Bertz CT molecular complexity index is 414. The Morgan fingerprint density at radius 2 is 2.00 bits per heavy atom. The zero-order valence-electron chi connectivity index (χ0n) is 9.25. The van der Waals surface area contributed by atoms with Crippen LogP contribution in [0.25, 0.3) is 0 Å². The van der Waals surface area contributed by atoms with Gasteiger partial charge in [-0.3, -0.25) is 4.18 Å². The second kappa shape index (κ2) is 5.44. The van der Waals surface area contributed by atoms with Gasteiger partial charge < -0.3 is 0 Å². The molecule has 1 fully saturated rings. The van der Waals surface area contributed by atoms with Crippen LogP contribution in [0.1, 0.15) is 19.3 Å². The molecule has 0 radical (unpaired) electrons. The largest absolute Gasteiger partial charge is 0.270 e. The lowest BCUT2D eigenvalue weighted by Gasteiger charge is -2.25. The normalized spacial score (nSPS) is 22.1. The lowest BCUT2D eigenvalue weighted by Crippen LogP contribution is -2.38. The molecule has 96 valence electrons. The Hall–Kier alpha value is -0.180. The van der Waals surface area contributed by atoms with E-state index in [0.717, 1.165) is 12.7 Å². The minimum Gasteiger partial charge on any atom is -0.270 e. The summed E-state index contributed by atoms with van der Waals surface area (Å²) in [6, 6.07) is 0. The molecule has 1 rings (SSSR count). The van der Waals surface area contributed by atoms with E-state index in [9.17, 15) is 16.8 Å². The van der Waals surface area contributed by atoms with Gasteiger partial charge >= 0.3 is 0 Å². The number of sulfonamides is 1. The van der Waals surface area contributed by atoms with Crippen LogP contribution in [0.3, 0.4) is 0 Å². The summed E-state index contributed by atoms with van der Waals surface area (Å²) in [6.07, 6.45) is 2.95. The maximum atomic E-state index is 11.5. The van der Waals surface area contributed by atoms with E-state index in [2.05, 4.69) is 4.18 Å². The topological polar surface area (TPSA) is 80.8 Å². The molecule has 0 N–H and O–H groups in total. The summed E-state index contributed by atoms with van der Waals surface area (Å²) in [4.78, 5) is 0. The lowest BCUT2D eigenvalue weighted by molar-refractivity contribution is 0.289. The summed E-state index contributed by atoms with van der Waals surface area (Å²) < 4.78 is 50.3. The smallest absolute Gasteiger partial charge is 0.264 e. The van der Waals surface area contributed by atoms with E-state index in [-0.39, 0.29) is 12.4 Å². The molecule has 0 aromatic carbocycles. The third-order valence-electron chi connectivity index (χ3n) is 2.30. The predicted octanol–water partition coefficient (Wildman–Crippen LogP) is -0.222. The molecule has 0 spiro atoms. The molecule has 6 nitrogen and oxygen atoms in total. The number of hydrogen-bond donors (Lipinski definition) is 0. The SMILES string of the molecule is CS(=O)(=O)OCCCN1CCCCS1(=O)=O. The molecule has 8 heteroatoms. The minimum atomic E-state index is -3.42. The summed E-state index contributed by atoms with van der Waals surface area (Å²) >= 11 is 0. The number of nitrogens with zero attached hydrogens (tertiary/aromatic N) is 1. The van der Waals surface area contributed by atoms with E-state index in [4.69, 9.17) is 0 Å². The average molecular weight is 271 g/mol. The molecule has 0 aliphatic carbocycles. The van der Waals surface area contributed by atoms with Gasteiger partial charge in [-0.25, -0.2) is 12.7 Å². The number of hydrogen-bond acceptors (Lipinski definition) is 5. The molecule has 0 aromatic rings. The summed E-state index contributed by atoms with van der Waals surface area (Å²) in [5.74, 6) is 0.194. The monoisotopic (exact) mass is 271 g/mol. The van der Waals surface area contributed by atoms with Crippen molar-refractivity contribution in [2.75, 3.05) is 31.7 Å². The van der Waals surface area contributed by atoms with Crippen molar-refractivity contribution in [3.05, 3.63) is 0 Å². The Balaban J connectivity index is 2.32. The quantitative estimate of drug-likeness (QED) is 0.510. The van der Waals surface area contributed by atoms with Gasteiger partial charge in [-0.1, -0.05) is 0 Å². The van der Waals surface area contributed by atoms with E-state index >= 15 is 0 Å².